The number of piperidine rings is 1. The van der Waals surface area contributed by atoms with Crippen LogP contribution in [0.2, 0.25) is 0 Å². The zero-order valence-electron chi connectivity index (χ0n) is 15.5. The number of halogens is 3. The maximum absolute atomic E-state index is 13.7. The van der Waals surface area contributed by atoms with Crippen molar-refractivity contribution in [2.45, 2.75) is 44.4 Å². The Kier molecular flexibility index (Phi) is 4.75. The number of hydrogen-bond acceptors (Lipinski definition) is 5. The van der Waals surface area contributed by atoms with Gasteiger partial charge in [0, 0.05) is 24.3 Å². The number of alkyl halides is 3. The lowest BCUT2D eigenvalue weighted by molar-refractivity contribution is -0.137. The second-order valence-corrected chi connectivity index (χ2v) is 7.38. The monoisotopic (exact) mass is 390 g/mol. The van der Waals surface area contributed by atoms with Crippen LogP contribution in [0.25, 0.3) is 11.3 Å². The maximum Gasteiger partial charge on any atom is 0.417 e. The molecule has 4 heterocycles. The Morgan fingerprint density at radius 1 is 1.25 bits per heavy atom. The van der Waals surface area contributed by atoms with E-state index in [2.05, 4.69) is 15.4 Å². The minimum absolute atomic E-state index is 0.0633. The summed E-state index contributed by atoms with van der Waals surface area (Å²) >= 11 is 0. The number of aromatic nitrogens is 3. The SMILES string of the molecule is C[C@H]1CCN1c1nc(-c2cnn(C3CCNCC3)c2)cc(C(F)(F)F)c1C#N. The van der Waals surface area contributed by atoms with Crippen LogP contribution in [-0.4, -0.2) is 40.4 Å². The summed E-state index contributed by atoms with van der Waals surface area (Å²) in [5.74, 6) is 0.112. The number of rotatable bonds is 3. The maximum atomic E-state index is 13.7. The van der Waals surface area contributed by atoms with Gasteiger partial charge in [-0.3, -0.25) is 4.68 Å². The molecule has 4 rings (SSSR count). The van der Waals surface area contributed by atoms with Gasteiger partial charge in [-0.2, -0.15) is 23.5 Å². The van der Waals surface area contributed by atoms with Crippen LogP contribution < -0.4 is 10.2 Å². The molecule has 2 aliphatic rings. The second-order valence-electron chi connectivity index (χ2n) is 7.38. The average molecular weight is 390 g/mol. The third-order valence-electron chi connectivity index (χ3n) is 5.59. The molecule has 0 saturated carbocycles. The number of nitrogens with one attached hydrogen (secondary N) is 1. The van der Waals surface area contributed by atoms with E-state index in [0.717, 1.165) is 38.4 Å². The van der Waals surface area contributed by atoms with Crippen molar-refractivity contribution < 1.29 is 13.2 Å². The van der Waals surface area contributed by atoms with Crippen LogP contribution in [0.1, 0.15) is 43.4 Å². The molecule has 2 aromatic rings. The first-order valence-electron chi connectivity index (χ1n) is 9.42. The van der Waals surface area contributed by atoms with E-state index >= 15 is 0 Å². The summed E-state index contributed by atoms with van der Waals surface area (Å²) in [6, 6.07) is 2.98. The van der Waals surface area contributed by atoms with E-state index in [-0.39, 0.29) is 23.6 Å². The highest BCUT2D eigenvalue weighted by molar-refractivity contribution is 5.68. The summed E-state index contributed by atoms with van der Waals surface area (Å²) < 4.78 is 42.8. The van der Waals surface area contributed by atoms with Crippen LogP contribution in [0.15, 0.2) is 18.5 Å². The highest BCUT2D eigenvalue weighted by atomic mass is 19.4. The van der Waals surface area contributed by atoms with E-state index < -0.39 is 17.3 Å². The van der Waals surface area contributed by atoms with Crippen molar-refractivity contribution in [1.29, 1.82) is 5.26 Å². The first-order chi connectivity index (χ1) is 13.4. The Morgan fingerprint density at radius 2 is 2.00 bits per heavy atom. The van der Waals surface area contributed by atoms with Crippen molar-refractivity contribution in [3.63, 3.8) is 0 Å². The van der Waals surface area contributed by atoms with E-state index in [9.17, 15) is 18.4 Å². The van der Waals surface area contributed by atoms with Gasteiger partial charge < -0.3 is 10.2 Å². The quantitative estimate of drug-likeness (QED) is 0.870. The van der Waals surface area contributed by atoms with Crippen molar-refractivity contribution >= 4 is 5.82 Å². The highest BCUT2D eigenvalue weighted by Crippen LogP contribution is 2.39. The fraction of sp³-hybridized carbons (Fsp3) is 0.526. The molecule has 1 atom stereocenters. The van der Waals surface area contributed by atoms with Crippen molar-refractivity contribution in [3.8, 4) is 17.3 Å². The lowest BCUT2D eigenvalue weighted by Gasteiger charge is -2.40. The standard InChI is InChI=1S/C19H21F3N6/c1-12-4-7-27(12)18-15(9-23)16(19(20,21)22)8-17(26-18)13-10-25-28(11-13)14-2-5-24-6-3-14/h8,10-12,14,24H,2-7H2,1H3/t12-/m0/s1. The van der Waals surface area contributed by atoms with Gasteiger partial charge in [-0.1, -0.05) is 0 Å². The number of pyridine rings is 1. The molecule has 0 aromatic carbocycles. The molecular weight excluding hydrogens is 369 g/mol. The first kappa shape index (κ1) is 18.7. The zero-order chi connectivity index (χ0) is 19.9. The smallest absolute Gasteiger partial charge is 0.353 e. The molecule has 2 saturated heterocycles. The van der Waals surface area contributed by atoms with E-state index in [4.69, 9.17) is 0 Å². The van der Waals surface area contributed by atoms with Crippen LogP contribution >= 0.6 is 0 Å². The molecule has 0 bridgehead atoms. The average Bonchev–Trinajstić information content (AvgIpc) is 3.16. The molecule has 0 amide bonds. The number of hydrogen-bond donors (Lipinski definition) is 1. The summed E-state index contributed by atoms with van der Waals surface area (Å²) in [6.07, 6.45) is 1.40. The Balaban J connectivity index is 1.78. The molecule has 0 radical (unpaired) electrons. The molecule has 2 aromatic heterocycles. The predicted octanol–water partition coefficient (Wildman–Crippen LogP) is 3.36. The van der Waals surface area contributed by atoms with E-state index in [1.54, 1.807) is 23.4 Å². The largest absolute Gasteiger partial charge is 0.417 e. The third kappa shape index (κ3) is 3.33. The van der Waals surface area contributed by atoms with Gasteiger partial charge in [-0.25, -0.2) is 4.98 Å². The van der Waals surface area contributed by atoms with Crippen LogP contribution in [0.3, 0.4) is 0 Å². The summed E-state index contributed by atoms with van der Waals surface area (Å²) in [7, 11) is 0. The number of nitrogens with zero attached hydrogens (tertiary/aromatic N) is 5. The lowest BCUT2D eigenvalue weighted by Crippen LogP contribution is -2.46. The molecular formula is C19H21F3N6. The molecule has 6 nitrogen and oxygen atoms in total. The molecule has 2 fully saturated rings. The topological polar surface area (TPSA) is 69.8 Å². The number of anilines is 1. The Bertz CT molecular complexity index is 907. The molecule has 2 aliphatic heterocycles. The summed E-state index contributed by atoms with van der Waals surface area (Å²) in [5, 5.41) is 17.1. The molecule has 1 N–H and O–H groups in total. The molecule has 9 heteroatoms. The Morgan fingerprint density at radius 3 is 2.57 bits per heavy atom. The normalized spacial score (nSPS) is 20.7. The minimum Gasteiger partial charge on any atom is -0.353 e. The van der Waals surface area contributed by atoms with Crippen molar-refractivity contribution in [3.05, 3.63) is 29.6 Å². The van der Waals surface area contributed by atoms with Gasteiger partial charge in [0.25, 0.3) is 0 Å². The van der Waals surface area contributed by atoms with Crippen LogP contribution in [0.4, 0.5) is 19.0 Å². The van der Waals surface area contributed by atoms with Crippen molar-refractivity contribution in [2.24, 2.45) is 0 Å². The Hall–Kier alpha value is -2.60. The number of nitriles is 1. The second kappa shape index (κ2) is 7.09. The predicted molar refractivity (Wildman–Crippen MR) is 97.7 cm³/mol. The fourth-order valence-corrected chi connectivity index (χ4v) is 3.79. The Labute approximate surface area is 161 Å². The molecule has 148 valence electrons. The lowest BCUT2D eigenvalue weighted by atomic mass is 10.0. The molecule has 0 unspecified atom stereocenters. The first-order valence-corrected chi connectivity index (χ1v) is 9.42. The van der Waals surface area contributed by atoms with Crippen LogP contribution in [0, 0.1) is 11.3 Å². The van der Waals surface area contributed by atoms with Gasteiger partial charge in [-0.15, -0.1) is 0 Å². The van der Waals surface area contributed by atoms with Crippen molar-refractivity contribution in [2.75, 3.05) is 24.5 Å². The van der Waals surface area contributed by atoms with E-state index in [1.165, 1.54) is 0 Å². The van der Waals surface area contributed by atoms with Gasteiger partial charge in [0.2, 0.25) is 0 Å². The highest BCUT2D eigenvalue weighted by Gasteiger charge is 2.38. The van der Waals surface area contributed by atoms with Gasteiger partial charge in [-0.05, 0) is 45.3 Å². The third-order valence-corrected chi connectivity index (χ3v) is 5.59. The summed E-state index contributed by atoms with van der Waals surface area (Å²) in [5.41, 5.74) is -0.624. The van der Waals surface area contributed by atoms with Crippen LogP contribution in [0.5, 0.6) is 0 Å². The van der Waals surface area contributed by atoms with Gasteiger partial charge in [0.15, 0.2) is 0 Å². The zero-order valence-corrected chi connectivity index (χ0v) is 15.5. The molecule has 28 heavy (non-hydrogen) atoms. The van der Waals surface area contributed by atoms with Gasteiger partial charge >= 0.3 is 6.18 Å². The molecule has 0 aliphatic carbocycles. The minimum atomic E-state index is -4.63. The summed E-state index contributed by atoms with van der Waals surface area (Å²) in [4.78, 5) is 6.22. The van der Waals surface area contributed by atoms with E-state index in [0.29, 0.717) is 12.1 Å². The summed E-state index contributed by atoms with van der Waals surface area (Å²) in [6.45, 7) is 4.30. The van der Waals surface area contributed by atoms with Crippen LogP contribution in [-0.2, 0) is 6.18 Å². The fourth-order valence-electron chi connectivity index (χ4n) is 3.79. The van der Waals surface area contributed by atoms with E-state index in [1.807, 2.05) is 11.6 Å². The van der Waals surface area contributed by atoms with Gasteiger partial charge in [0.05, 0.1) is 23.5 Å². The van der Waals surface area contributed by atoms with Gasteiger partial charge in [0.1, 0.15) is 17.5 Å². The van der Waals surface area contributed by atoms with Crippen molar-refractivity contribution in [1.82, 2.24) is 20.1 Å². The molecule has 0 spiro atoms.